The summed E-state index contributed by atoms with van der Waals surface area (Å²) >= 11 is 1.42. The molecule has 2 N–H and O–H groups in total. The summed E-state index contributed by atoms with van der Waals surface area (Å²) in [5, 5.41) is 18.0. The first-order chi connectivity index (χ1) is 6.71. The Labute approximate surface area is 88.9 Å². The summed E-state index contributed by atoms with van der Waals surface area (Å²) in [5.41, 5.74) is 0. The fourth-order valence-electron chi connectivity index (χ4n) is 1.96. The minimum Gasteiger partial charge on any atom is -0.480 e. The van der Waals surface area contributed by atoms with E-state index in [4.69, 9.17) is 5.11 Å². The molecule has 82 valence electrons. The van der Waals surface area contributed by atoms with Crippen molar-refractivity contribution in [2.24, 2.45) is 0 Å². The molecule has 0 aliphatic heterocycles. The highest BCUT2D eigenvalue weighted by atomic mass is 32.2. The Morgan fingerprint density at radius 1 is 1.21 bits per heavy atom. The summed E-state index contributed by atoms with van der Waals surface area (Å²) < 4.78 is -0.612. The van der Waals surface area contributed by atoms with Crippen LogP contribution in [0.5, 0.6) is 0 Å². The molecule has 0 aromatic rings. The average Bonchev–Trinajstić information content (AvgIpc) is 2.41. The van der Waals surface area contributed by atoms with Crippen LogP contribution in [0.1, 0.15) is 38.5 Å². The maximum Gasteiger partial charge on any atom is 0.319 e. The van der Waals surface area contributed by atoms with E-state index in [1.54, 1.807) is 0 Å². The first-order valence-corrected chi connectivity index (χ1v) is 6.18. The number of aliphatic hydroxyl groups is 1. The molecule has 1 saturated carbocycles. The number of carbonyl (C=O) groups is 1. The second-order valence-corrected chi connectivity index (χ2v) is 5.26. The number of thioether (sulfide) groups is 1. The van der Waals surface area contributed by atoms with E-state index < -0.39 is 10.7 Å². The third kappa shape index (κ3) is 2.89. The molecule has 3 nitrogen and oxygen atoms in total. The van der Waals surface area contributed by atoms with Crippen LogP contribution in [-0.4, -0.2) is 33.3 Å². The van der Waals surface area contributed by atoms with Crippen LogP contribution in [0.4, 0.5) is 0 Å². The summed E-state index contributed by atoms with van der Waals surface area (Å²) in [6.45, 7) is 0.0691. The Morgan fingerprint density at radius 3 is 2.21 bits per heavy atom. The van der Waals surface area contributed by atoms with Crippen molar-refractivity contribution in [2.45, 2.75) is 43.3 Å². The number of hydrogen-bond acceptors (Lipinski definition) is 3. The van der Waals surface area contributed by atoms with Crippen LogP contribution < -0.4 is 0 Å². The third-order valence-electron chi connectivity index (χ3n) is 2.77. The predicted octanol–water partition coefficient (Wildman–Crippen LogP) is 1.89. The molecule has 1 rings (SSSR count). The lowest BCUT2D eigenvalue weighted by molar-refractivity contribution is -0.140. The summed E-state index contributed by atoms with van der Waals surface area (Å²) in [5.74, 6) is -0.162. The topological polar surface area (TPSA) is 57.5 Å². The second-order valence-electron chi connectivity index (χ2n) is 3.79. The van der Waals surface area contributed by atoms with Crippen LogP contribution in [0, 0.1) is 0 Å². The smallest absolute Gasteiger partial charge is 0.319 e. The van der Waals surface area contributed by atoms with E-state index in [1.165, 1.54) is 11.8 Å². The van der Waals surface area contributed by atoms with Gasteiger partial charge in [-0.25, -0.2) is 0 Å². The Balaban J connectivity index is 2.62. The normalized spacial score (nSPS) is 21.5. The van der Waals surface area contributed by atoms with Crippen molar-refractivity contribution in [1.82, 2.24) is 0 Å². The molecule has 0 atom stereocenters. The quantitative estimate of drug-likeness (QED) is 0.707. The van der Waals surface area contributed by atoms with E-state index in [1.807, 2.05) is 0 Å². The fourth-order valence-corrected chi connectivity index (χ4v) is 3.14. The van der Waals surface area contributed by atoms with Gasteiger partial charge in [0.05, 0.1) is 6.61 Å². The number of carboxylic acids is 1. The van der Waals surface area contributed by atoms with E-state index in [-0.39, 0.29) is 6.61 Å². The van der Waals surface area contributed by atoms with Crippen LogP contribution in [0.3, 0.4) is 0 Å². The highest BCUT2D eigenvalue weighted by molar-refractivity contribution is 8.01. The van der Waals surface area contributed by atoms with Gasteiger partial charge in [-0.3, -0.25) is 4.79 Å². The summed E-state index contributed by atoms with van der Waals surface area (Å²) in [7, 11) is 0. The first kappa shape index (κ1) is 11.9. The average molecular weight is 218 g/mol. The van der Waals surface area contributed by atoms with E-state index >= 15 is 0 Å². The number of hydrogen-bond donors (Lipinski definition) is 2. The molecule has 0 saturated heterocycles. The monoisotopic (exact) mass is 218 g/mol. The highest BCUT2D eigenvalue weighted by Gasteiger charge is 2.38. The van der Waals surface area contributed by atoms with Crippen LogP contribution in [0.25, 0.3) is 0 Å². The summed E-state index contributed by atoms with van der Waals surface area (Å²) in [6, 6.07) is 0. The maximum atomic E-state index is 11.2. The number of aliphatic hydroxyl groups excluding tert-OH is 1. The Bertz CT molecular complexity index is 186. The van der Waals surface area contributed by atoms with Gasteiger partial charge in [0.2, 0.25) is 0 Å². The molecule has 1 aliphatic carbocycles. The van der Waals surface area contributed by atoms with Gasteiger partial charge in [0, 0.05) is 5.75 Å². The van der Waals surface area contributed by atoms with Crippen molar-refractivity contribution in [3.8, 4) is 0 Å². The largest absolute Gasteiger partial charge is 0.480 e. The molecule has 0 spiro atoms. The zero-order chi connectivity index (χ0) is 10.4. The molecule has 0 radical (unpaired) electrons. The maximum absolute atomic E-state index is 11.2. The van der Waals surface area contributed by atoms with E-state index in [0.717, 1.165) is 38.5 Å². The molecule has 1 aliphatic rings. The zero-order valence-corrected chi connectivity index (χ0v) is 9.18. The van der Waals surface area contributed by atoms with E-state index in [9.17, 15) is 9.90 Å². The van der Waals surface area contributed by atoms with Gasteiger partial charge in [-0.05, 0) is 12.8 Å². The van der Waals surface area contributed by atoms with Gasteiger partial charge in [0.15, 0.2) is 0 Å². The van der Waals surface area contributed by atoms with Gasteiger partial charge in [-0.2, -0.15) is 0 Å². The van der Waals surface area contributed by atoms with Gasteiger partial charge < -0.3 is 10.2 Å². The van der Waals surface area contributed by atoms with Crippen molar-refractivity contribution < 1.29 is 15.0 Å². The lowest BCUT2D eigenvalue weighted by atomic mass is 9.99. The first-order valence-electron chi connectivity index (χ1n) is 5.19. The standard InChI is InChI=1S/C10H18O3S/c11-7-8-14-10(9(12)13)5-3-1-2-4-6-10/h11H,1-8H2,(H,12,13). The lowest BCUT2D eigenvalue weighted by Gasteiger charge is -2.26. The van der Waals surface area contributed by atoms with Crippen molar-refractivity contribution in [1.29, 1.82) is 0 Å². The van der Waals surface area contributed by atoms with Gasteiger partial charge >= 0.3 is 5.97 Å². The molecule has 14 heavy (non-hydrogen) atoms. The van der Waals surface area contributed by atoms with Crippen LogP contribution in [0.15, 0.2) is 0 Å². The molecule has 0 aromatic carbocycles. The molecule has 0 amide bonds. The number of carboxylic acid groups (broad SMARTS) is 1. The van der Waals surface area contributed by atoms with Gasteiger partial charge in [-0.1, -0.05) is 25.7 Å². The van der Waals surface area contributed by atoms with Gasteiger partial charge in [-0.15, -0.1) is 11.8 Å². The minimum atomic E-state index is -0.696. The molecule has 1 fully saturated rings. The predicted molar refractivity (Wildman–Crippen MR) is 57.6 cm³/mol. The molecule has 0 unspecified atom stereocenters. The number of aliphatic carboxylic acids is 1. The van der Waals surface area contributed by atoms with Gasteiger partial charge in [0.25, 0.3) is 0 Å². The molecule has 4 heteroatoms. The van der Waals surface area contributed by atoms with Crippen molar-refractivity contribution >= 4 is 17.7 Å². The van der Waals surface area contributed by atoms with Crippen molar-refractivity contribution in [3.63, 3.8) is 0 Å². The van der Waals surface area contributed by atoms with Crippen LogP contribution >= 0.6 is 11.8 Å². The van der Waals surface area contributed by atoms with Crippen LogP contribution in [0.2, 0.25) is 0 Å². The Morgan fingerprint density at radius 2 is 1.79 bits per heavy atom. The zero-order valence-electron chi connectivity index (χ0n) is 8.37. The van der Waals surface area contributed by atoms with Gasteiger partial charge in [0.1, 0.15) is 4.75 Å². The van der Waals surface area contributed by atoms with E-state index in [2.05, 4.69) is 0 Å². The van der Waals surface area contributed by atoms with Crippen molar-refractivity contribution in [3.05, 3.63) is 0 Å². The van der Waals surface area contributed by atoms with E-state index in [0.29, 0.717) is 5.75 Å². The minimum absolute atomic E-state index is 0.0691. The molecular formula is C10H18O3S. The third-order valence-corrected chi connectivity index (χ3v) is 4.29. The highest BCUT2D eigenvalue weighted by Crippen LogP contribution is 2.38. The SMILES string of the molecule is O=C(O)C1(SCCO)CCCCCC1. The number of rotatable bonds is 4. The van der Waals surface area contributed by atoms with Crippen molar-refractivity contribution in [2.75, 3.05) is 12.4 Å². The Kier molecular flexibility index (Phi) is 4.75. The molecule has 0 aromatic heterocycles. The molecular weight excluding hydrogens is 200 g/mol. The summed E-state index contributed by atoms with van der Waals surface area (Å²) in [6.07, 6.45) is 5.82. The summed E-state index contributed by atoms with van der Waals surface area (Å²) in [4.78, 5) is 11.2. The Hall–Kier alpha value is -0.220. The second kappa shape index (κ2) is 5.61. The fraction of sp³-hybridized carbons (Fsp3) is 0.900. The van der Waals surface area contributed by atoms with Crippen LogP contribution in [-0.2, 0) is 4.79 Å². The lowest BCUT2D eigenvalue weighted by Crippen LogP contribution is -2.35. The molecule has 0 bridgehead atoms. The molecule has 0 heterocycles.